The number of H-pyrrole nitrogens is 1. The van der Waals surface area contributed by atoms with Gasteiger partial charge in [0, 0.05) is 0 Å². The maximum absolute atomic E-state index is 11.1. The molecule has 146 valence electrons. The van der Waals surface area contributed by atoms with Crippen LogP contribution in [0.5, 0.6) is 11.5 Å². The van der Waals surface area contributed by atoms with E-state index in [-0.39, 0.29) is 12.4 Å². The SMILES string of the molecule is COc1cc(C=Nn2cn[nH]c2=S)ccc1OCn1nc(C)c([N+](=O)[O-])c1C. The molecular formula is C16H17N7O4S. The van der Waals surface area contributed by atoms with Gasteiger partial charge in [-0.1, -0.05) is 0 Å². The molecule has 2 aromatic heterocycles. The molecule has 2 heterocycles. The zero-order valence-electron chi connectivity index (χ0n) is 15.3. The molecule has 1 N–H and O–H groups in total. The second-order valence-corrected chi connectivity index (χ2v) is 6.10. The summed E-state index contributed by atoms with van der Waals surface area (Å²) in [5, 5.41) is 25.8. The summed E-state index contributed by atoms with van der Waals surface area (Å²) >= 11 is 5.02. The molecule has 0 spiro atoms. The highest BCUT2D eigenvalue weighted by Crippen LogP contribution is 2.29. The summed E-state index contributed by atoms with van der Waals surface area (Å²) < 4.78 is 14.3. The topological polar surface area (TPSA) is 125 Å². The van der Waals surface area contributed by atoms with E-state index in [1.807, 2.05) is 0 Å². The Morgan fingerprint density at radius 2 is 2.18 bits per heavy atom. The van der Waals surface area contributed by atoms with Crippen molar-refractivity contribution in [2.75, 3.05) is 7.11 Å². The van der Waals surface area contributed by atoms with Crippen LogP contribution < -0.4 is 9.47 Å². The average molecular weight is 403 g/mol. The molecule has 0 bridgehead atoms. The molecular weight excluding hydrogens is 386 g/mol. The largest absolute Gasteiger partial charge is 0.493 e. The molecule has 1 aromatic carbocycles. The van der Waals surface area contributed by atoms with Crippen molar-refractivity contribution in [2.24, 2.45) is 5.10 Å². The van der Waals surface area contributed by atoms with Gasteiger partial charge < -0.3 is 9.47 Å². The molecule has 0 saturated carbocycles. The first-order valence-corrected chi connectivity index (χ1v) is 8.47. The van der Waals surface area contributed by atoms with E-state index in [0.717, 1.165) is 5.56 Å². The van der Waals surface area contributed by atoms with Gasteiger partial charge in [0.2, 0.25) is 4.77 Å². The van der Waals surface area contributed by atoms with Crippen LogP contribution in [0.15, 0.2) is 29.6 Å². The van der Waals surface area contributed by atoms with Crippen molar-refractivity contribution in [1.29, 1.82) is 0 Å². The molecule has 0 aliphatic heterocycles. The van der Waals surface area contributed by atoms with Gasteiger partial charge in [0.15, 0.2) is 18.2 Å². The molecule has 0 amide bonds. The molecule has 0 aliphatic carbocycles. The monoisotopic (exact) mass is 403 g/mol. The number of aryl methyl sites for hydroxylation is 1. The number of rotatable bonds is 7. The number of aromatic amines is 1. The first-order chi connectivity index (χ1) is 13.4. The van der Waals surface area contributed by atoms with E-state index in [2.05, 4.69) is 20.4 Å². The minimum absolute atomic E-state index is 0.00842. The third-order valence-corrected chi connectivity index (χ3v) is 4.20. The quantitative estimate of drug-likeness (QED) is 0.278. The van der Waals surface area contributed by atoms with E-state index in [0.29, 0.717) is 27.7 Å². The van der Waals surface area contributed by atoms with E-state index < -0.39 is 4.92 Å². The molecule has 0 unspecified atom stereocenters. The molecule has 12 heteroatoms. The zero-order chi connectivity index (χ0) is 20.3. The van der Waals surface area contributed by atoms with Crippen molar-refractivity contribution in [3.8, 4) is 11.5 Å². The van der Waals surface area contributed by atoms with Crippen LogP contribution in [-0.2, 0) is 6.73 Å². The zero-order valence-corrected chi connectivity index (χ0v) is 16.1. The van der Waals surface area contributed by atoms with Gasteiger partial charge in [-0.05, 0) is 49.8 Å². The number of hydrogen-bond donors (Lipinski definition) is 1. The minimum Gasteiger partial charge on any atom is -0.493 e. The van der Waals surface area contributed by atoms with Crippen LogP contribution in [0.25, 0.3) is 0 Å². The van der Waals surface area contributed by atoms with E-state index in [9.17, 15) is 10.1 Å². The molecule has 0 saturated heterocycles. The fourth-order valence-electron chi connectivity index (χ4n) is 2.55. The summed E-state index contributed by atoms with van der Waals surface area (Å²) in [6.45, 7) is 3.22. The van der Waals surface area contributed by atoms with E-state index in [1.54, 1.807) is 38.3 Å². The highest BCUT2D eigenvalue weighted by Gasteiger charge is 2.22. The number of nitro groups is 1. The standard InChI is InChI=1S/C16H17N7O4S/c1-10-15(23(24)25)11(2)22(20-10)9-27-13-5-4-12(6-14(13)26-3)7-18-21-8-17-19-16(21)28/h4-8H,9H2,1-3H3,(H,19,28). The second kappa shape index (κ2) is 8.00. The summed E-state index contributed by atoms with van der Waals surface area (Å²) in [5.41, 5.74) is 1.50. The predicted molar refractivity (Wildman–Crippen MR) is 102 cm³/mol. The minimum atomic E-state index is -0.449. The molecule has 28 heavy (non-hydrogen) atoms. The number of ether oxygens (including phenoxy) is 2. The lowest BCUT2D eigenvalue weighted by Gasteiger charge is -2.11. The maximum atomic E-state index is 11.1. The fourth-order valence-corrected chi connectivity index (χ4v) is 2.69. The Kier molecular flexibility index (Phi) is 5.49. The lowest BCUT2D eigenvalue weighted by atomic mass is 10.2. The Morgan fingerprint density at radius 1 is 1.39 bits per heavy atom. The number of aromatic nitrogens is 5. The van der Waals surface area contributed by atoms with Gasteiger partial charge in [-0.3, -0.25) is 15.2 Å². The normalized spacial score (nSPS) is 11.1. The van der Waals surface area contributed by atoms with Crippen LogP contribution in [0.2, 0.25) is 0 Å². The van der Waals surface area contributed by atoms with E-state index in [1.165, 1.54) is 22.8 Å². The Morgan fingerprint density at radius 3 is 2.79 bits per heavy atom. The summed E-state index contributed by atoms with van der Waals surface area (Å²) in [7, 11) is 1.52. The van der Waals surface area contributed by atoms with Crippen molar-refractivity contribution in [3.05, 3.63) is 56.4 Å². The van der Waals surface area contributed by atoms with Crippen molar-refractivity contribution in [1.82, 2.24) is 24.7 Å². The molecule has 3 aromatic rings. The Hall–Kier alpha value is -3.54. The van der Waals surface area contributed by atoms with Crippen LogP contribution >= 0.6 is 12.2 Å². The lowest BCUT2D eigenvalue weighted by molar-refractivity contribution is -0.386. The van der Waals surface area contributed by atoms with Gasteiger partial charge in [-0.15, -0.1) is 0 Å². The number of nitrogens with zero attached hydrogens (tertiary/aromatic N) is 6. The van der Waals surface area contributed by atoms with E-state index >= 15 is 0 Å². The molecule has 0 fully saturated rings. The van der Waals surface area contributed by atoms with Crippen LogP contribution in [0.3, 0.4) is 0 Å². The Bertz CT molecular complexity index is 1100. The third-order valence-electron chi connectivity index (χ3n) is 3.92. The molecule has 0 aliphatic rings. The van der Waals surface area contributed by atoms with Crippen molar-refractivity contribution in [2.45, 2.75) is 20.6 Å². The number of methoxy groups -OCH3 is 1. The predicted octanol–water partition coefficient (Wildman–Crippen LogP) is 2.59. The van der Waals surface area contributed by atoms with Crippen LogP contribution in [-0.4, -0.2) is 42.9 Å². The average Bonchev–Trinajstić information content (AvgIpc) is 3.20. The van der Waals surface area contributed by atoms with Crippen molar-refractivity contribution >= 4 is 24.1 Å². The van der Waals surface area contributed by atoms with Gasteiger partial charge in [0.25, 0.3) is 0 Å². The highest BCUT2D eigenvalue weighted by molar-refractivity contribution is 7.71. The number of benzene rings is 1. The van der Waals surface area contributed by atoms with E-state index in [4.69, 9.17) is 21.7 Å². The smallest absolute Gasteiger partial charge is 0.312 e. The van der Waals surface area contributed by atoms with Gasteiger partial charge in [-0.2, -0.15) is 20.0 Å². The first-order valence-electron chi connectivity index (χ1n) is 8.06. The summed E-state index contributed by atoms with van der Waals surface area (Å²) in [5.74, 6) is 0.950. The fraction of sp³-hybridized carbons (Fsp3) is 0.250. The Labute approximate surface area is 164 Å². The number of hydrogen-bond acceptors (Lipinski definition) is 8. The van der Waals surface area contributed by atoms with Crippen LogP contribution in [0.4, 0.5) is 5.69 Å². The Balaban J connectivity index is 1.77. The van der Waals surface area contributed by atoms with Gasteiger partial charge >= 0.3 is 5.69 Å². The summed E-state index contributed by atoms with van der Waals surface area (Å²) in [6.07, 6.45) is 3.06. The lowest BCUT2D eigenvalue weighted by Crippen LogP contribution is -2.09. The molecule has 3 rings (SSSR count). The van der Waals surface area contributed by atoms with Crippen LogP contribution in [0, 0.1) is 28.7 Å². The van der Waals surface area contributed by atoms with Crippen LogP contribution in [0.1, 0.15) is 17.0 Å². The first kappa shape index (κ1) is 19.2. The molecule has 0 atom stereocenters. The van der Waals surface area contributed by atoms with Crippen molar-refractivity contribution in [3.63, 3.8) is 0 Å². The number of nitrogens with one attached hydrogen (secondary N) is 1. The van der Waals surface area contributed by atoms with Gasteiger partial charge in [-0.25, -0.2) is 4.68 Å². The van der Waals surface area contributed by atoms with Crippen molar-refractivity contribution < 1.29 is 14.4 Å². The molecule has 0 radical (unpaired) electrons. The summed E-state index contributed by atoms with van der Waals surface area (Å²) in [4.78, 5) is 10.7. The van der Waals surface area contributed by atoms with Gasteiger partial charge in [0.1, 0.15) is 17.7 Å². The maximum Gasteiger partial charge on any atom is 0.312 e. The third kappa shape index (κ3) is 3.91. The second-order valence-electron chi connectivity index (χ2n) is 5.71. The summed E-state index contributed by atoms with van der Waals surface area (Å²) in [6, 6.07) is 5.25. The molecule has 11 nitrogen and oxygen atoms in total. The van der Waals surface area contributed by atoms with Gasteiger partial charge in [0.05, 0.1) is 18.2 Å². The highest BCUT2D eigenvalue weighted by atomic mass is 32.1.